The fraction of sp³-hybridized carbons (Fsp3) is 0.143. The van der Waals surface area contributed by atoms with Crippen molar-refractivity contribution in [2.24, 2.45) is 0 Å². The minimum absolute atomic E-state index is 0.114. The second-order valence-electron chi connectivity index (χ2n) is 2.62. The van der Waals surface area contributed by atoms with Crippen LogP contribution in [0.25, 0.3) is 0 Å². The van der Waals surface area contributed by atoms with Crippen molar-refractivity contribution in [3.05, 3.63) is 26.5 Å². The van der Waals surface area contributed by atoms with E-state index in [4.69, 9.17) is 11.6 Å². The van der Waals surface area contributed by atoms with Crippen LogP contribution in [0.1, 0.15) is 0 Å². The van der Waals surface area contributed by atoms with Crippen LogP contribution >= 0.6 is 34.2 Å². The molecule has 14 heavy (non-hydrogen) atoms. The molecule has 0 unspecified atom stereocenters. The second-order valence-corrected chi connectivity index (χ2v) is 5.94. The summed E-state index contributed by atoms with van der Waals surface area (Å²) in [5, 5.41) is -0.114. The molecule has 0 aliphatic rings. The zero-order valence-corrected chi connectivity index (χ0v) is 10.7. The number of halogens is 3. The fourth-order valence-corrected chi connectivity index (χ4v) is 2.28. The molecule has 0 bridgehead atoms. The van der Waals surface area contributed by atoms with Crippen LogP contribution in [0.15, 0.2) is 12.1 Å². The molecular formula is C7H6ClFINO2S. The largest absolute Gasteiger partial charge is 0.283 e. The van der Waals surface area contributed by atoms with E-state index in [2.05, 4.69) is 4.72 Å². The van der Waals surface area contributed by atoms with E-state index in [-0.39, 0.29) is 10.7 Å². The molecule has 1 N–H and O–H groups in total. The zero-order chi connectivity index (χ0) is 10.9. The molecule has 0 aliphatic carbocycles. The van der Waals surface area contributed by atoms with Gasteiger partial charge in [0, 0.05) is 3.57 Å². The Morgan fingerprint density at radius 3 is 2.57 bits per heavy atom. The Bertz CT molecular complexity index is 463. The summed E-state index contributed by atoms with van der Waals surface area (Å²) in [4.78, 5) is 0. The normalized spacial score (nSPS) is 11.4. The van der Waals surface area contributed by atoms with Crippen LogP contribution in [0, 0.1) is 9.39 Å². The van der Waals surface area contributed by atoms with Crippen molar-refractivity contribution in [1.82, 2.24) is 0 Å². The van der Waals surface area contributed by atoms with Gasteiger partial charge in [-0.25, -0.2) is 12.8 Å². The van der Waals surface area contributed by atoms with Crippen LogP contribution in [-0.2, 0) is 10.0 Å². The highest BCUT2D eigenvalue weighted by Gasteiger charge is 2.09. The summed E-state index contributed by atoms with van der Waals surface area (Å²) < 4.78 is 37.4. The van der Waals surface area contributed by atoms with E-state index in [1.165, 1.54) is 6.07 Å². The first-order chi connectivity index (χ1) is 6.29. The third-order valence-electron chi connectivity index (χ3n) is 1.31. The summed E-state index contributed by atoms with van der Waals surface area (Å²) in [7, 11) is -3.37. The average molecular weight is 350 g/mol. The maximum atomic E-state index is 12.9. The van der Waals surface area contributed by atoms with Gasteiger partial charge in [0.2, 0.25) is 10.0 Å². The molecule has 0 heterocycles. The van der Waals surface area contributed by atoms with Crippen molar-refractivity contribution in [2.45, 2.75) is 0 Å². The Morgan fingerprint density at radius 1 is 1.50 bits per heavy atom. The number of nitrogens with one attached hydrogen (secondary N) is 1. The summed E-state index contributed by atoms with van der Waals surface area (Å²) in [6, 6.07) is 2.40. The molecule has 0 aromatic heterocycles. The van der Waals surface area contributed by atoms with E-state index >= 15 is 0 Å². The Balaban J connectivity index is 3.17. The molecule has 0 atom stereocenters. The maximum Gasteiger partial charge on any atom is 0.229 e. The Labute approximate surface area is 99.8 Å². The van der Waals surface area contributed by atoms with E-state index in [0.29, 0.717) is 3.57 Å². The van der Waals surface area contributed by atoms with Crippen LogP contribution in [0.4, 0.5) is 10.1 Å². The molecule has 0 fully saturated rings. The summed E-state index contributed by atoms with van der Waals surface area (Å²) in [6.45, 7) is 0. The van der Waals surface area contributed by atoms with Gasteiger partial charge in [-0.05, 0) is 34.7 Å². The zero-order valence-electron chi connectivity index (χ0n) is 7.01. The van der Waals surface area contributed by atoms with Crippen LogP contribution in [0.2, 0.25) is 5.02 Å². The molecule has 7 heteroatoms. The summed E-state index contributed by atoms with van der Waals surface area (Å²) in [6.07, 6.45) is 1.01. The Kier molecular flexibility index (Phi) is 3.59. The lowest BCUT2D eigenvalue weighted by Gasteiger charge is -2.07. The monoisotopic (exact) mass is 349 g/mol. The van der Waals surface area contributed by atoms with Crippen molar-refractivity contribution in [1.29, 1.82) is 0 Å². The van der Waals surface area contributed by atoms with Crippen LogP contribution in [-0.4, -0.2) is 14.7 Å². The van der Waals surface area contributed by atoms with E-state index in [0.717, 1.165) is 12.3 Å². The molecule has 78 valence electrons. The first-order valence-corrected chi connectivity index (χ1v) is 6.77. The van der Waals surface area contributed by atoms with Gasteiger partial charge in [0.25, 0.3) is 0 Å². The van der Waals surface area contributed by atoms with Gasteiger partial charge >= 0.3 is 0 Å². The Morgan fingerprint density at radius 2 is 2.07 bits per heavy atom. The molecular weight excluding hydrogens is 344 g/mol. The average Bonchev–Trinajstić information content (AvgIpc) is 1.97. The topological polar surface area (TPSA) is 46.2 Å². The van der Waals surface area contributed by atoms with Gasteiger partial charge < -0.3 is 0 Å². The van der Waals surface area contributed by atoms with Crippen molar-refractivity contribution in [3.8, 4) is 0 Å². The van der Waals surface area contributed by atoms with Gasteiger partial charge in [-0.15, -0.1) is 0 Å². The molecule has 3 nitrogen and oxygen atoms in total. The number of anilines is 1. The molecule has 0 radical (unpaired) electrons. The quantitative estimate of drug-likeness (QED) is 0.658. The lowest BCUT2D eigenvalue weighted by Crippen LogP contribution is -2.10. The standard InChI is InChI=1S/C7H6ClFINO2S/c1-14(12,13)11-7-2-4(8)5(9)3-6(7)10/h2-3,11H,1H3. The second kappa shape index (κ2) is 4.19. The van der Waals surface area contributed by atoms with Gasteiger partial charge in [-0.3, -0.25) is 4.72 Å². The van der Waals surface area contributed by atoms with Crippen LogP contribution < -0.4 is 4.72 Å². The summed E-state index contributed by atoms with van der Waals surface area (Å²) in [5.74, 6) is -0.574. The lowest BCUT2D eigenvalue weighted by atomic mass is 10.3. The number of rotatable bonds is 2. The third-order valence-corrected chi connectivity index (χ3v) is 3.08. The van der Waals surface area contributed by atoms with E-state index in [1.54, 1.807) is 0 Å². The molecule has 0 saturated carbocycles. The van der Waals surface area contributed by atoms with Crippen molar-refractivity contribution in [3.63, 3.8) is 0 Å². The van der Waals surface area contributed by atoms with Crippen LogP contribution in [0.3, 0.4) is 0 Å². The maximum absolute atomic E-state index is 12.9. The first-order valence-electron chi connectivity index (χ1n) is 3.42. The predicted octanol–water partition coefficient (Wildman–Crippen LogP) is 2.46. The highest BCUT2D eigenvalue weighted by atomic mass is 127. The number of hydrogen-bond acceptors (Lipinski definition) is 2. The molecule has 0 aliphatic heterocycles. The molecule has 1 aromatic rings. The molecule has 1 aromatic carbocycles. The smallest absolute Gasteiger partial charge is 0.229 e. The van der Waals surface area contributed by atoms with Crippen molar-refractivity contribution < 1.29 is 12.8 Å². The van der Waals surface area contributed by atoms with E-state index in [9.17, 15) is 12.8 Å². The summed E-state index contributed by atoms with van der Waals surface area (Å²) >= 11 is 7.32. The van der Waals surface area contributed by atoms with E-state index < -0.39 is 15.8 Å². The van der Waals surface area contributed by atoms with Gasteiger partial charge in [-0.1, -0.05) is 11.6 Å². The SMILES string of the molecule is CS(=O)(=O)Nc1cc(Cl)c(F)cc1I. The van der Waals surface area contributed by atoms with Gasteiger partial charge in [-0.2, -0.15) is 0 Å². The molecule has 0 spiro atoms. The molecule has 1 rings (SSSR count). The highest BCUT2D eigenvalue weighted by Crippen LogP contribution is 2.26. The van der Waals surface area contributed by atoms with E-state index in [1.807, 2.05) is 22.6 Å². The number of hydrogen-bond donors (Lipinski definition) is 1. The minimum Gasteiger partial charge on any atom is -0.283 e. The number of benzene rings is 1. The molecule has 0 saturated heterocycles. The first kappa shape index (κ1) is 12.0. The van der Waals surface area contributed by atoms with Gasteiger partial charge in [0.05, 0.1) is 17.0 Å². The number of sulfonamides is 1. The van der Waals surface area contributed by atoms with Gasteiger partial charge in [0.15, 0.2) is 0 Å². The lowest BCUT2D eigenvalue weighted by molar-refractivity contribution is 0.606. The fourth-order valence-electron chi connectivity index (χ4n) is 0.801. The Hall–Kier alpha value is -0.0800. The van der Waals surface area contributed by atoms with Gasteiger partial charge in [0.1, 0.15) is 5.82 Å². The van der Waals surface area contributed by atoms with Crippen LogP contribution in [0.5, 0.6) is 0 Å². The highest BCUT2D eigenvalue weighted by molar-refractivity contribution is 14.1. The molecule has 0 amide bonds. The minimum atomic E-state index is -3.37. The summed E-state index contributed by atoms with van der Waals surface area (Å²) in [5.41, 5.74) is 0.277. The predicted molar refractivity (Wildman–Crippen MR) is 62.6 cm³/mol. The third kappa shape index (κ3) is 3.25. The van der Waals surface area contributed by atoms with Crippen molar-refractivity contribution >= 4 is 49.9 Å². The van der Waals surface area contributed by atoms with Crippen molar-refractivity contribution in [2.75, 3.05) is 11.0 Å².